The van der Waals surface area contributed by atoms with E-state index in [0.717, 1.165) is 11.3 Å². The zero-order valence-corrected chi connectivity index (χ0v) is 14.7. The minimum Gasteiger partial charge on any atom is -0.395 e. The van der Waals surface area contributed by atoms with E-state index in [1.165, 1.54) is 0 Å². The second kappa shape index (κ2) is 8.16. The molecule has 3 N–H and O–H groups in total. The Morgan fingerprint density at radius 2 is 1.76 bits per heavy atom. The fourth-order valence-electron chi connectivity index (χ4n) is 2.25. The summed E-state index contributed by atoms with van der Waals surface area (Å²) >= 11 is 12.3. The average molecular weight is 375 g/mol. The van der Waals surface area contributed by atoms with Crippen LogP contribution in [0.5, 0.6) is 0 Å². The van der Waals surface area contributed by atoms with Crippen molar-refractivity contribution in [1.82, 2.24) is 9.97 Å². The third-order valence-electron chi connectivity index (χ3n) is 3.38. The summed E-state index contributed by atoms with van der Waals surface area (Å²) in [5.41, 5.74) is 2.36. The van der Waals surface area contributed by atoms with Gasteiger partial charge in [0.1, 0.15) is 5.82 Å². The second-order valence-corrected chi connectivity index (χ2v) is 6.07. The lowest BCUT2D eigenvalue weighted by atomic mass is 10.1. The van der Waals surface area contributed by atoms with Crippen molar-refractivity contribution in [2.24, 2.45) is 0 Å². The van der Waals surface area contributed by atoms with E-state index in [-0.39, 0.29) is 6.61 Å². The van der Waals surface area contributed by atoms with Gasteiger partial charge < -0.3 is 15.7 Å². The molecule has 3 rings (SSSR count). The smallest absolute Gasteiger partial charge is 0.225 e. The largest absolute Gasteiger partial charge is 0.395 e. The second-order valence-electron chi connectivity index (χ2n) is 5.23. The number of nitrogens with one attached hydrogen (secondary N) is 2. The highest BCUT2D eigenvalue weighted by Crippen LogP contribution is 2.29. The fraction of sp³-hybridized carbons (Fsp3) is 0.111. The van der Waals surface area contributed by atoms with Gasteiger partial charge in [-0.2, -0.15) is 4.98 Å². The van der Waals surface area contributed by atoms with Gasteiger partial charge in [0.25, 0.3) is 0 Å². The summed E-state index contributed by atoms with van der Waals surface area (Å²) in [4.78, 5) is 8.91. The molecule has 0 amide bonds. The quantitative estimate of drug-likeness (QED) is 0.588. The molecule has 0 saturated carbocycles. The maximum Gasteiger partial charge on any atom is 0.225 e. The molecule has 5 nitrogen and oxygen atoms in total. The minimum atomic E-state index is -0.0121. The van der Waals surface area contributed by atoms with E-state index in [1.807, 2.05) is 36.4 Å². The standard InChI is InChI=1S/C18H16Cl2N4O/c19-13-6-7-14(20)16(10-13)22-17-11-15(12-4-2-1-3-5-12)23-18(24-17)21-8-9-25/h1-7,10-11,25H,8-9H2,(H2,21,22,23,24). The van der Waals surface area contributed by atoms with Crippen molar-refractivity contribution in [3.63, 3.8) is 0 Å². The van der Waals surface area contributed by atoms with E-state index in [2.05, 4.69) is 20.6 Å². The highest BCUT2D eigenvalue weighted by atomic mass is 35.5. The summed E-state index contributed by atoms with van der Waals surface area (Å²) in [6.45, 7) is 0.345. The zero-order valence-electron chi connectivity index (χ0n) is 13.2. The van der Waals surface area contributed by atoms with Crippen molar-refractivity contribution >= 4 is 40.7 Å². The first kappa shape index (κ1) is 17.5. The molecule has 0 radical (unpaired) electrons. The lowest BCUT2D eigenvalue weighted by molar-refractivity contribution is 0.311. The van der Waals surface area contributed by atoms with Gasteiger partial charge in [0.2, 0.25) is 5.95 Å². The van der Waals surface area contributed by atoms with Gasteiger partial charge >= 0.3 is 0 Å². The van der Waals surface area contributed by atoms with Crippen LogP contribution in [-0.2, 0) is 0 Å². The molecule has 0 fully saturated rings. The molecule has 7 heteroatoms. The Bertz CT molecular complexity index is 859. The van der Waals surface area contributed by atoms with Crippen molar-refractivity contribution in [1.29, 1.82) is 0 Å². The molecule has 25 heavy (non-hydrogen) atoms. The number of aliphatic hydroxyl groups is 1. The van der Waals surface area contributed by atoms with Gasteiger partial charge in [0.15, 0.2) is 0 Å². The molecule has 1 heterocycles. The number of aliphatic hydroxyl groups excluding tert-OH is 1. The van der Waals surface area contributed by atoms with Crippen molar-refractivity contribution in [3.8, 4) is 11.3 Å². The van der Waals surface area contributed by atoms with Crippen LogP contribution < -0.4 is 10.6 Å². The molecule has 2 aromatic carbocycles. The van der Waals surface area contributed by atoms with Crippen LogP contribution in [0.4, 0.5) is 17.5 Å². The first-order chi connectivity index (χ1) is 12.2. The summed E-state index contributed by atoms with van der Waals surface area (Å²) in [6.07, 6.45) is 0. The number of nitrogens with zero attached hydrogens (tertiary/aromatic N) is 2. The molecule has 0 unspecified atom stereocenters. The molecule has 1 aromatic heterocycles. The number of hydrogen-bond donors (Lipinski definition) is 3. The topological polar surface area (TPSA) is 70.1 Å². The predicted octanol–water partition coefficient (Wildman–Crippen LogP) is 4.60. The van der Waals surface area contributed by atoms with Gasteiger partial charge in [-0.1, -0.05) is 53.5 Å². The molecule has 3 aromatic rings. The highest BCUT2D eigenvalue weighted by Gasteiger charge is 2.09. The molecular formula is C18H16Cl2N4O. The van der Waals surface area contributed by atoms with Crippen molar-refractivity contribution in [3.05, 3.63) is 64.6 Å². The van der Waals surface area contributed by atoms with Crippen LogP contribution in [0.15, 0.2) is 54.6 Å². The van der Waals surface area contributed by atoms with E-state index in [4.69, 9.17) is 28.3 Å². The van der Waals surface area contributed by atoms with Gasteiger partial charge in [-0.25, -0.2) is 4.98 Å². The maximum atomic E-state index is 9.02. The monoisotopic (exact) mass is 374 g/mol. The number of rotatable bonds is 6. The Kier molecular flexibility index (Phi) is 5.71. The molecule has 0 aliphatic heterocycles. The van der Waals surface area contributed by atoms with Gasteiger partial charge in [0.05, 0.1) is 23.0 Å². The van der Waals surface area contributed by atoms with Gasteiger partial charge in [-0.15, -0.1) is 0 Å². The van der Waals surface area contributed by atoms with Crippen LogP contribution in [0.2, 0.25) is 10.0 Å². The van der Waals surface area contributed by atoms with Crippen molar-refractivity contribution in [2.45, 2.75) is 0 Å². The highest BCUT2D eigenvalue weighted by molar-refractivity contribution is 6.35. The van der Waals surface area contributed by atoms with E-state index in [9.17, 15) is 0 Å². The zero-order chi connectivity index (χ0) is 17.6. The summed E-state index contributed by atoms with van der Waals surface area (Å²) in [5, 5.41) is 16.3. The Labute approximate surface area is 155 Å². The van der Waals surface area contributed by atoms with Gasteiger partial charge in [-0.05, 0) is 18.2 Å². The summed E-state index contributed by atoms with van der Waals surface area (Å²) in [7, 11) is 0. The van der Waals surface area contributed by atoms with Gasteiger partial charge in [0, 0.05) is 23.2 Å². The molecule has 0 atom stereocenters. The number of aromatic nitrogens is 2. The van der Waals surface area contributed by atoms with Crippen LogP contribution >= 0.6 is 23.2 Å². The van der Waals surface area contributed by atoms with E-state index >= 15 is 0 Å². The first-order valence-electron chi connectivity index (χ1n) is 7.67. The number of hydrogen-bond acceptors (Lipinski definition) is 5. The molecule has 0 bridgehead atoms. The Balaban J connectivity index is 1.98. The number of halogens is 2. The lowest BCUT2D eigenvalue weighted by Gasteiger charge is -2.12. The Hall–Kier alpha value is -2.34. The van der Waals surface area contributed by atoms with Crippen molar-refractivity contribution in [2.75, 3.05) is 23.8 Å². The summed E-state index contributed by atoms with van der Waals surface area (Å²) < 4.78 is 0. The third-order valence-corrected chi connectivity index (χ3v) is 3.95. The Morgan fingerprint density at radius 3 is 2.52 bits per heavy atom. The average Bonchev–Trinajstić information content (AvgIpc) is 2.63. The third kappa shape index (κ3) is 4.60. The van der Waals surface area contributed by atoms with Crippen LogP contribution in [0, 0.1) is 0 Å². The number of anilines is 3. The molecule has 0 saturated heterocycles. The van der Waals surface area contributed by atoms with E-state index < -0.39 is 0 Å². The number of benzene rings is 2. The summed E-state index contributed by atoms with van der Waals surface area (Å²) in [6, 6.07) is 16.8. The maximum absolute atomic E-state index is 9.02. The van der Waals surface area contributed by atoms with Crippen LogP contribution in [-0.4, -0.2) is 28.2 Å². The van der Waals surface area contributed by atoms with Crippen LogP contribution in [0.25, 0.3) is 11.3 Å². The Morgan fingerprint density at radius 1 is 0.960 bits per heavy atom. The first-order valence-corrected chi connectivity index (χ1v) is 8.42. The SMILES string of the molecule is OCCNc1nc(Nc2cc(Cl)ccc2Cl)cc(-c2ccccc2)n1. The van der Waals surface area contributed by atoms with Crippen LogP contribution in [0.1, 0.15) is 0 Å². The molecule has 0 aliphatic carbocycles. The van der Waals surface area contributed by atoms with Crippen LogP contribution in [0.3, 0.4) is 0 Å². The normalized spacial score (nSPS) is 10.5. The van der Waals surface area contributed by atoms with Gasteiger partial charge in [-0.3, -0.25) is 0 Å². The van der Waals surface area contributed by atoms with E-state index in [0.29, 0.717) is 34.0 Å². The fourth-order valence-corrected chi connectivity index (χ4v) is 2.58. The molecule has 128 valence electrons. The molecule has 0 aliphatic rings. The minimum absolute atomic E-state index is 0.0121. The van der Waals surface area contributed by atoms with E-state index in [1.54, 1.807) is 18.2 Å². The van der Waals surface area contributed by atoms with Crippen molar-refractivity contribution < 1.29 is 5.11 Å². The lowest BCUT2D eigenvalue weighted by Crippen LogP contribution is -2.10. The predicted molar refractivity (Wildman–Crippen MR) is 103 cm³/mol. The summed E-state index contributed by atoms with van der Waals surface area (Å²) in [5.74, 6) is 0.981. The molecule has 0 spiro atoms. The molecular weight excluding hydrogens is 359 g/mol.